The van der Waals surface area contributed by atoms with Crippen LogP contribution in [-0.4, -0.2) is 51.0 Å². The van der Waals surface area contributed by atoms with Gasteiger partial charge in [0.1, 0.15) is 11.5 Å². The van der Waals surface area contributed by atoms with Crippen molar-refractivity contribution in [2.45, 2.75) is 6.42 Å². The predicted octanol–water partition coefficient (Wildman–Crippen LogP) is 3.19. The monoisotopic (exact) mass is 497 g/mol. The summed E-state index contributed by atoms with van der Waals surface area (Å²) in [6.07, 6.45) is 3.19. The molecule has 0 atom stereocenters. The summed E-state index contributed by atoms with van der Waals surface area (Å²) in [4.78, 5) is 28.3. The van der Waals surface area contributed by atoms with Gasteiger partial charge in [-0.2, -0.15) is 0 Å². The molecule has 0 unspecified atom stereocenters. The molecule has 0 aliphatic carbocycles. The van der Waals surface area contributed by atoms with Crippen LogP contribution in [0.5, 0.6) is 0 Å². The zero-order valence-corrected chi connectivity index (χ0v) is 19.6. The average Bonchev–Trinajstić information content (AvgIpc) is 3.31. The van der Waals surface area contributed by atoms with Crippen LogP contribution >= 0.6 is 22.9 Å². The summed E-state index contributed by atoms with van der Waals surface area (Å²) in [6, 6.07) is 7.23. The fraction of sp³-hybridized carbons (Fsp3) is 0.238. The second-order valence-electron chi connectivity index (χ2n) is 7.05. The van der Waals surface area contributed by atoms with Crippen LogP contribution in [0.15, 0.2) is 54.8 Å². The SMILES string of the molecule is C=CCN(C)C(=O)c1ccc(N2CC=C(NS(=O)(=O)CCc3ccc(Cl)s3)C2=O)c(F)c1. The molecule has 1 aliphatic heterocycles. The highest BCUT2D eigenvalue weighted by molar-refractivity contribution is 7.89. The number of likely N-dealkylation sites (N-methyl/N-ethyl adjacent to an activating group) is 1. The third-order valence-electron chi connectivity index (χ3n) is 4.70. The molecule has 1 aliphatic rings. The van der Waals surface area contributed by atoms with E-state index >= 15 is 0 Å². The highest BCUT2D eigenvalue weighted by Gasteiger charge is 2.30. The third-order valence-corrected chi connectivity index (χ3v) is 7.26. The number of nitrogens with one attached hydrogen (secondary N) is 1. The molecule has 1 aromatic heterocycles. The Kier molecular flexibility index (Phi) is 7.37. The molecular formula is C21H21ClFN3O4S2. The van der Waals surface area contributed by atoms with E-state index in [1.807, 2.05) is 0 Å². The van der Waals surface area contributed by atoms with Crippen LogP contribution in [0.25, 0.3) is 0 Å². The van der Waals surface area contributed by atoms with E-state index in [9.17, 15) is 22.4 Å². The lowest BCUT2D eigenvalue weighted by Crippen LogP contribution is -2.35. The van der Waals surface area contributed by atoms with Crippen LogP contribution in [0.1, 0.15) is 15.2 Å². The molecule has 3 rings (SSSR count). The van der Waals surface area contributed by atoms with Gasteiger partial charge in [-0.1, -0.05) is 17.7 Å². The molecule has 0 radical (unpaired) electrons. The minimum atomic E-state index is -3.79. The van der Waals surface area contributed by atoms with Crippen LogP contribution in [0.3, 0.4) is 0 Å². The van der Waals surface area contributed by atoms with Crippen molar-refractivity contribution in [2.75, 3.05) is 30.8 Å². The lowest BCUT2D eigenvalue weighted by atomic mass is 10.1. The van der Waals surface area contributed by atoms with Gasteiger partial charge in [0.15, 0.2) is 0 Å². The molecule has 2 amide bonds. The summed E-state index contributed by atoms with van der Waals surface area (Å²) in [5, 5.41) is 0. The molecule has 7 nitrogen and oxygen atoms in total. The molecule has 1 N–H and O–H groups in total. The number of aryl methyl sites for hydroxylation is 1. The summed E-state index contributed by atoms with van der Waals surface area (Å²) in [5.41, 5.74) is -0.0547. The van der Waals surface area contributed by atoms with E-state index < -0.39 is 21.7 Å². The number of rotatable bonds is 9. The second kappa shape index (κ2) is 9.85. The smallest absolute Gasteiger partial charge is 0.275 e. The Hall–Kier alpha value is -2.69. The zero-order chi connectivity index (χ0) is 23.5. The number of sulfonamides is 1. The quantitative estimate of drug-likeness (QED) is 0.539. The highest BCUT2D eigenvalue weighted by atomic mass is 35.5. The number of benzene rings is 1. The fourth-order valence-corrected chi connectivity index (χ4v) is 5.40. The molecular weight excluding hydrogens is 477 g/mol. The lowest BCUT2D eigenvalue weighted by Gasteiger charge is -2.19. The van der Waals surface area contributed by atoms with Gasteiger partial charge in [-0.15, -0.1) is 17.9 Å². The number of hydrogen-bond acceptors (Lipinski definition) is 5. The molecule has 32 heavy (non-hydrogen) atoms. The normalized spacial score (nSPS) is 13.8. The minimum absolute atomic E-state index is 0.00218. The van der Waals surface area contributed by atoms with Crippen LogP contribution in [0, 0.1) is 5.82 Å². The summed E-state index contributed by atoms with van der Waals surface area (Å²) in [7, 11) is -2.23. The number of amides is 2. The molecule has 0 saturated heterocycles. The van der Waals surface area contributed by atoms with Gasteiger partial charge in [-0.25, -0.2) is 12.8 Å². The van der Waals surface area contributed by atoms with E-state index in [4.69, 9.17) is 11.6 Å². The first-order chi connectivity index (χ1) is 15.1. The number of thiophene rings is 1. The van der Waals surface area contributed by atoms with E-state index in [0.29, 0.717) is 10.9 Å². The molecule has 2 heterocycles. The van der Waals surface area contributed by atoms with Gasteiger partial charge in [0.05, 0.1) is 15.8 Å². The third kappa shape index (κ3) is 5.56. The van der Waals surface area contributed by atoms with E-state index in [1.165, 1.54) is 34.4 Å². The van der Waals surface area contributed by atoms with Crippen molar-refractivity contribution in [3.8, 4) is 0 Å². The topological polar surface area (TPSA) is 86.8 Å². The van der Waals surface area contributed by atoms with Crippen molar-refractivity contribution in [2.24, 2.45) is 0 Å². The number of anilines is 1. The fourth-order valence-electron chi connectivity index (χ4n) is 3.09. The Labute approximate surface area is 194 Å². The zero-order valence-electron chi connectivity index (χ0n) is 17.2. The standard InChI is InChI=1S/C21H21ClFN3O4S2/c1-3-10-25(2)20(27)14-4-6-18(16(23)13-14)26-11-8-17(21(26)28)24-32(29,30)12-9-15-5-7-19(22)31-15/h3-8,13,24H,1,9-12H2,2H3. The average molecular weight is 498 g/mol. The van der Waals surface area contributed by atoms with Crippen LogP contribution < -0.4 is 9.62 Å². The number of halogens is 2. The van der Waals surface area contributed by atoms with Gasteiger partial charge in [0.2, 0.25) is 10.0 Å². The van der Waals surface area contributed by atoms with Crippen LogP contribution in [0.4, 0.5) is 10.1 Å². The number of carbonyl (C=O) groups excluding carboxylic acids is 2. The minimum Gasteiger partial charge on any atom is -0.338 e. The molecule has 11 heteroatoms. The molecule has 1 aromatic carbocycles. The van der Waals surface area contributed by atoms with E-state index in [2.05, 4.69) is 11.3 Å². The van der Waals surface area contributed by atoms with Crippen molar-refractivity contribution in [1.82, 2.24) is 9.62 Å². The lowest BCUT2D eigenvalue weighted by molar-refractivity contribution is -0.114. The Morgan fingerprint density at radius 3 is 2.75 bits per heavy atom. The largest absolute Gasteiger partial charge is 0.338 e. The van der Waals surface area contributed by atoms with Crippen molar-refractivity contribution < 1.29 is 22.4 Å². The first-order valence-corrected chi connectivity index (χ1v) is 12.4. The maximum atomic E-state index is 14.7. The molecule has 0 fully saturated rings. The Morgan fingerprint density at radius 1 is 1.38 bits per heavy atom. The maximum absolute atomic E-state index is 14.7. The molecule has 0 bridgehead atoms. The van der Waals surface area contributed by atoms with Crippen LogP contribution in [0.2, 0.25) is 4.34 Å². The first kappa shape index (κ1) is 24.0. The van der Waals surface area contributed by atoms with E-state index in [0.717, 1.165) is 15.8 Å². The van der Waals surface area contributed by atoms with Gasteiger partial charge in [0.25, 0.3) is 11.8 Å². The maximum Gasteiger partial charge on any atom is 0.275 e. The summed E-state index contributed by atoms with van der Waals surface area (Å²) in [6.45, 7) is 3.86. The Morgan fingerprint density at radius 2 is 2.12 bits per heavy atom. The van der Waals surface area contributed by atoms with Gasteiger partial charge < -0.3 is 9.80 Å². The number of carbonyl (C=O) groups is 2. The first-order valence-electron chi connectivity index (χ1n) is 9.54. The summed E-state index contributed by atoms with van der Waals surface area (Å²) >= 11 is 7.14. The van der Waals surface area contributed by atoms with Gasteiger partial charge in [0, 0.05) is 30.6 Å². The molecule has 0 saturated carbocycles. The van der Waals surface area contributed by atoms with Crippen molar-refractivity contribution in [3.05, 3.63) is 75.4 Å². The number of nitrogens with zero attached hydrogens (tertiary/aromatic N) is 2. The molecule has 2 aromatic rings. The summed E-state index contributed by atoms with van der Waals surface area (Å²) in [5.74, 6) is -2.04. The second-order valence-corrected chi connectivity index (χ2v) is 10.7. The van der Waals surface area contributed by atoms with Crippen LogP contribution in [-0.2, 0) is 21.2 Å². The number of hydrogen-bond donors (Lipinski definition) is 1. The predicted molar refractivity (Wildman–Crippen MR) is 124 cm³/mol. The Bertz CT molecular complexity index is 1190. The molecule has 0 spiro atoms. The van der Waals surface area contributed by atoms with E-state index in [1.54, 1.807) is 25.3 Å². The molecule has 170 valence electrons. The Balaban J connectivity index is 1.66. The summed E-state index contributed by atoms with van der Waals surface area (Å²) < 4.78 is 42.3. The van der Waals surface area contributed by atoms with Gasteiger partial charge in [-0.3, -0.25) is 14.3 Å². The van der Waals surface area contributed by atoms with E-state index in [-0.39, 0.29) is 41.6 Å². The van der Waals surface area contributed by atoms with Gasteiger partial charge in [-0.05, 0) is 42.8 Å². The van der Waals surface area contributed by atoms with Crippen molar-refractivity contribution >= 4 is 50.5 Å². The highest BCUT2D eigenvalue weighted by Crippen LogP contribution is 2.26. The van der Waals surface area contributed by atoms with Crippen molar-refractivity contribution in [3.63, 3.8) is 0 Å². The van der Waals surface area contributed by atoms with Gasteiger partial charge >= 0.3 is 0 Å². The van der Waals surface area contributed by atoms with Crippen molar-refractivity contribution in [1.29, 1.82) is 0 Å².